The molecule has 1 N–H and O–H groups in total. The number of benzene rings is 2. The predicted octanol–water partition coefficient (Wildman–Crippen LogP) is 2.49. The normalized spacial score (nSPS) is 19.0. The first-order valence-corrected chi connectivity index (χ1v) is 11.1. The SMILES string of the molecule is COC(=O)C1(Cl)/C(=C(/O)c2ccc(OC)cc2)C(=O)C(=O)N1c1c(C)n(C)n(-c2ccccc2)c1=O. The third-order valence-corrected chi connectivity index (χ3v) is 6.58. The number of aromatic nitrogens is 2. The Labute approximate surface area is 210 Å². The first kappa shape index (κ1) is 24.8. The summed E-state index contributed by atoms with van der Waals surface area (Å²) < 4.78 is 12.7. The number of alkyl halides is 1. The molecule has 1 aliphatic heterocycles. The summed E-state index contributed by atoms with van der Waals surface area (Å²) in [5.74, 6) is -3.99. The second kappa shape index (κ2) is 9.04. The van der Waals surface area contributed by atoms with E-state index < -0.39 is 39.5 Å². The van der Waals surface area contributed by atoms with Gasteiger partial charge >= 0.3 is 11.9 Å². The van der Waals surface area contributed by atoms with Gasteiger partial charge in [-0.05, 0) is 43.3 Å². The molecule has 1 amide bonds. The number of para-hydroxylation sites is 1. The van der Waals surface area contributed by atoms with E-state index in [2.05, 4.69) is 0 Å². The molecule has 11 heteroatoms. The average molecular weight is 512 g/mol. The van der Waals surface area contributed by atoms with Crippen LogP contribution in [0.25, 0.3) is 11.4 Å². The smallest absolute Gasteiger partial charge is 0.353 e. The highest BCUT2D eigenvalue weighted by atomic mass is 35.5. The largest absolute Gasteiger partial charge is 0.507 e. The maximum Gasteiger partial charge on any atom is 0.353 e. The van der Waals surface area contributed by atoms with Crippen LogP contribution in [0.4, 0.5) is 5.69 Å². The van der Waals surface area contributed by atoms with Crippen molar-refractivity contribution in [1.29, 1.82) is 0 Å². The van der Waals surface area contributed by atoms with E-state index in [1.165, 1.54) is 47.7 Å². The van der Waals surface area contributed by atoms with E-state index in [4.69, 9.17) is 21.1 Å². The second-order valence-corrected chi connectivity index (χ2v) is 8.49. The molecule has 3 aromatic rings. The van der Waals surface area contributed by atoms with Gasteiger partial charge in [0.1, 0.15) is 22.8 Å². The molecule has 1 aromatic heterocycles. The van der Waals surface area contributed by atoms with Gasteiger partial charge < -0.3 is 14.6 Å². The van der Waals surface area contributed by atoms with Crippen molar-refractivity contribution in [1.82, 2.24) is 9.36 Å². The number of aliphatic hydroxyl groups excluding tert-OH is 1. The van der Waals surface area contributed by atoms with Crippen molar-refractivity contribution in [2.24, 2.45) is 7.05 Å². The number of ether oxygens (including phenoxy) is 2. The van der Waals surface area contributed by atoms with Crippen LogP contribution in [0, 0.1) is 6.92 Å². The van der Waals surface area contributed by atoms with Gasteiger partial charge in [-0.1, -0.05) is 29.8 Å². The summed E-state index contributed by atoms with van der Waals surface area (Å²) in [6, 6.07) is 14.4. The predicted molar refractivity (Wildman–Crippen MR) is 131 cm³/mol. The highest BCUT2D eigenvalue weighted by molar-refractivity contribution is 6.61. The van der Waals surface area contributed by atoms with Crippen LogP contribution in [-0.4, -0.2) is 51.3 Å². The van der Waals surface area contributed by atoms with Gasteiger partial charge in [0.25, 0.3) is 16.3 Å². The number of methoxy groups -OCH3 is 2. The van der Waals surface area contributed by atoms with Gasteiger partial charge in [0.2, 0.25) is 0 Å². The molecule has 1 aliphatic rings. The zero-order chi connectivity index (χ0) is 26.4. The Morgan fingerprint density at radius 2 is 1.61 bits per heavy atom. The molecule has 1 atom stereocenters. The van der Waals surface area contributed by atoms with Crippen LogP contribution in [0.1, 0.15) is 11.3 Å². The van der Waals surface area contributed by atoms with Crippen LogP contribution in [0.2, 0.25) is 0 Å². The molecule has 0 aliphatic carbocycles. The molecule has 0 radical (unpaired) electrons. The fourth-order valence-electron chi connectivity index (χ4n) is 4.16. The van der Waals surface area contributed by atoms with Gasteiger partial charge in [-0.25, -0.2) is 9.48 Å². The van der Waals surface area contributed by atoms with Gasteiger partial charge in [0.15, 0.2) is 0 Å². The fraction of sp³-hybridized carbons (Fsp3) is 0.200. The quantitative estimate of drug-likeness (QED) is 0.139. The van der Waals surface area contributed by atoms with Crippen molar-refractivity contribution in [3.63, 3.8) is 0 Å². The molecular formula is C25H22ClN3O7. The number of hydrogen-bond acceptors (Lipinski definition) is 7. The molecule has 1 saturated heterocycles. The molecule has 2 aromatic carbocycles. The number of carbonyl (C=O) groups is 3. The number of ketones is 1. The van der Waals surface area contributed by atoms with Gasteiger partial charge in [-0.15, -0.1) is 0 Å². The zero-order valence-corrected chi connectivity index (χ0v) is 20.6. The Balaban J connectivity index is 2.00. The number of nitrogens with zero attached hydrogens (tertiary/aromatic N) is 3. The lowest BCUT2D eigenvalue weighted by molar-refractivity contribution is -0.143. The number of esters is 1. The summed E-state index contributed by atoms with van der Waals surface area (Å²) in [5, 5.41) is 11.1. The molecule has 0 saturated carbocycles. The maximum absolute atomic E-state index is 13.6. The van der Waals surface area contributed by atoms with Crippen LogP contribution >= 0.6 is 11.6 Å². The van der Waals surface area contributed by atoms with E-state index in [9.17, 15) is 24.3 Å². The number of anilines is 1. The minimum Gasteiger partial charge on any atom is -0.507 e. The highest BCUT2D eigenvalue weighted by Crippen LogP contribution is 2.44. The molecule has 10 nitrogen and oxygen atoms in total. The number of aliphatic hydroxyl groups is 1. The maximum atomic E-state index is 13.6. The van der Waals surface area contributed by atoms with Crippen molar-refractivity contribution < 1.29 is 29.0 Å². The summed E-state index contributed by atoms with van der Waals surface area (Å²) in [6.07, 6.45) is 0. The molecule has 1 fully saturated rings. The highest BCUT2D eigenvalue weighted by Gasteiger charge is 2.63. The second-order valence-electron chi connectivity index (χ2n) is 7.95. The number of halogens is 1. The Kier molecular flexibility index (Phi) is 6.23. The lowest BCUT2D eigenvalue weighted by Gasteiger charge is -2.29. The monoisotopic (exact) mass is 511 g/mol. The summed E-state index contributed by atoms with van der Waals surface area (Å²) in [7, 11) is 4.05. The molecule has 2 heterocycles. The zero-order valence-electron chi connectivity index (χ0n) is 19.8. The fourth-order valence-corrected chi connectivity index (χ4v) is 4.58. The molecule has 0 spiro atoms. The van der Waals surface area contributed by atoms with Crippen LogP contribution < -0.4 is 15.2 Å². The van der Waals surface area contributed by atoms with Crippen molar-refractivity contribution >= 4 is 40.7 Å². The average Bonchev–Trinajstić information content (AvgIpc) is 3.23. The van der Waals surface area contributed by atoms with Crippen LogP contribution in [0.5, 0.6) is 5.75 Å². The Bertz CT molecular complexity index is 1470. The van der Waals surface area contributed by atoms with Gasteiger partial charge in [0, 0.05) is 12.6 Å². The van der Waals surface area contributed by atoms with Crippen molar-refractivity contribution in [3.05, 3.63) is 81.8 Å². The third-order valence-electron chi connectivity index (χ3n) is 6.07. The standard InChI is InChI=1S/C25H22ClN3O7/c1-14-19(22(32)29(27(14)2)16-8-6-5-7-9-16)28-23(33)21(31)18(25(28,26)24(34)36-4)20(30)15-10-12-17(35-3)13-11-15/h5-13,30H,1-4H3/b20-18+. The van der Waals surface area contributed by atoms with E-state index >= 15 is 0 Å². The van der Waals surface area contributed by atoms with Gasteiger partial charge in [-0.2, -0.15) is 0 Å². The van der Waals surface area contributed by atoms with Crippen LogP contribution in [0.3, 0.4) is 0 Å². The van der Waals surface area contributed by atoms with E-state index in [0.717, 1.165) is 7.11 Å². The number of carbonyl (C=O) groups excluding carboxylic acids is 3. The van der Waals surface area contributed by atoms with E-state index in [1.807, 2.05) is 0 Å². The van der Waals surface area contributed by atoms with Crippen molar-refractivity contribution in [2.75, 3.05) is 19.1 Å². The molecule has 4 rings (SSSR count). The van der Waals surface area contributed by atoms with E-state index in [0.29, 0.717) is 16.3 Å². The summed E-state index contributed by atoms with van der Waals surface area (Å²) in [6.45, 7) is 1.54. The van der Waals surface area contributed by atoms with Gasteiger partial charge in [0.05, 0.1) is 25.6 Å². The Hall–Kier alpha value is -4.31. The van der Waals surface area contributed by atoms with E-state index in [-0.39, 0.29) is 16.9 Å². The van der Waals surface area contributed by atoms with Crippen molar-refractivity contribution in [3.8, 4) is 11.4 Å². The topological polar surface area (TPSA) is 120 Å². The minimum atomic E-state index is -2.65. The molecular weight excluding hydrogens is 490 g/mol. The number of amides is 1. The summed E-state index contributed by atoms with van der Waals surface area (Å²) in [5.41, 5.74) is -0.926. The Morgan fingerprint density at radius 3 is 2.17 bits per heavy atom. The van der Waals surface area contributed by atoms with Gasteiger partial charge in [-0.3, -0.25) is 24.0 Å². The lowest BCUT2D eigenvalue weighted by atomic mass is 10.00. The van der Waals surface area contributed by atoms with Crippen LogP contribution in [0.15, 0.2) is 65.0 Å². The molecule has 186 valence electrons. The lowest BCUT2D eigenvalue weighted by Crippen LogP contribution is -2.51. The summed E-state index contributed by atoms with van der Waals surface area (Å²) >= 11 is 6.74. The summed E-state index contributed by atoms with van der Waals surface area (Å²) in [4.78, 5) is 51.1. The van der Waals surface area contributed by atoms with Crippen molar-refractivity contribution in [2.45, 2.75) is 11.9 Å². The number of rotatable bonds is 5. The molecule has 1 unspecified atom stereocenters. The van der Waals surface area contributed by atoms with E-state index in [1.54, 1.807) is 37.4 Å². The first-order valence-electron chi connectivity index (χ1n) is 10.7. The number of Topliss-reactive ketones (excluding diaryl/α,β-unsaturated/α-hetero) is 1. The Morgan fingerprint density at radius 1 is 1.00 bits per heavy atom. The number of hydrogen-bond donors (Lipinski definition) is 1. The molecule has 36 heavy (non-hydrogen) atoms. The minimum absolute atomic E-state index is 0.0919. The molecule has 0 bridgehead atoms. The third kappa shape index (κ3) is 3.49. The first-order chi connectivity index (χ1) is 17.1. The van der Waals surface area contributed by atoms with Crippen LogP contribution in [-0.2, 0) is 26.2 Å².